The van der Waals surface area contributed by atoms with Crippen LogP contribution >= 0.6 is 11.8 Å². The maximum Gasteiger partial charge on any atom is 0.284 e. The molecule has 19 heavy (non-hydrogen) atoms. The molecule has 0 amide bonds. The molecule has 0 atom stereocenters. The van der Waals surface area contributed by atoms with Crippen LogP contribution in [0.2, 0.25) is 0 Å². The Morgan fingerprint density at radius 3 is 2.74 bits per heavy atom. The van der Waals surface area contributed by atoms with Gasteiger partial charge in [0.1, 0.15) is 11.5 Å². The fourth-order valence-electron chi connectivity index (χ4n) is 2.20. The van der Waals surface area contributed by atoms with Gasteiger partial charge in [0.25, 0.3) is 5.76 Å². The largest absolute Gasteiger partial charge is 0.464 e. The van der Waals surface area contributed by atoms with E-state index in [1.54, 1.807) is 6.07 Å². The summed E-state index contributed by atoms with van der Waals surface area (Å²) in [6.45, 7) is 2.91. The van der Waals surface area contributed by atoms with E-state index in [0.29, 0.717) is 30.1 Å². The highest BCUT2D eigenvalue weighted by Gasteiger charge is 2.16. The first-order chi connectivity index (χ1) is 9.13. The molecule has 2 heterocycles. The van der Waals surface area contributed by atoms with Crippen LogP contribution in [0.25, 0.3) is 0 Å². The molecule has 1 aliphatic rings. The van der Waals surface area contributed by atoms with Gasteiger partial charge in [0.05, 0.1) is 12.3 Å². The van der Waals surface area contributed by atoms with Crippen molar-refractivity contribution in [1.82, 2.24) is 10.2 Å². The predicted octanol–water partition coefficient (Wildman–Crippen LogP) is 2.92. The van der Waals surface area contributed by atoms with E-state index in [2.05, 4.69) is 17.3 Å². The van der Waals surface area contributed by atoms with E-state index in [1.165, 1.54) is 0 Å². The minimum Gasteiger partial charge on any atom is -0.464 e. The molecular weight excluding hydrogens is 270 g/mol. The van der Waals surface area contributed by atoms with E-state index in [-0.39, 0.29) is 5.75 Å². The van der Waals surface area contributed by atoms with Crippen molar-refractivity contribution in [3.05, 3.63) is 23.7 Å². The number of hydrogen-bond acceptors (Lipinski definition) is 4. The molecule has 0 unspecified atom stereocenters. The van der Waals surface area contributed by atoms with E-state index in [4.69, 9.17) is 4.42 Å². The van der Waals surface area contributed by atoms with Gasteiger partial charge in [-0.3, -0.25) is 0 Å². The number of piperidine rings is 1. The Labute approximate surface area is 116 Å². The first kappa shape index (κ1) is 14.8. The number of hydrogen-bond donors (Lipinski definition) is 1. The monoisotopic (exact) mass is 290 g/mol. The summed E-state index contributed by atoms with van der Waals surface area (Å²) < 4.78 is 29.6. The van der Waals surface area contributed by atoms with Gasteiger partial charge in [-0.15, -0.1) is 0 Å². The van der Waals surface area contributed by atoms with E-state index in [9.17, 15) is 8.78 Å². The Bertz CT molecular complexity index is 378. The Hall–Kier alpha value is -0.590. The standard InChI is InChI=1S/C13H20F2N2OS/c1-17-6-4-10(5-7-17)16-8-11-2-3-12(18-11)9-19-13(14)15/h2-3,10,13,16H,4-9H2,1H3. The lowest BCUT2D eigenvalue weighted by atomic mass is 10.1. The topological polar surface area (TPSA) is 28.4 Å². The van der Waals surface area contributed by atoms with Gasteiger partial charge >= 0.3 is 0 Å². The van der Waals surface area contributed by atoms with E-state index in [1.807, 2.05) is 6.07 Å². The molecule has 1 fully saturated rings. The second-order valence-corrected chi connectivity index (χ2v) is 5.88. The number of nitrogens with zero attached hydrogens (tertiary/aromatic N) is 1. The van der Waals surface area contributed by atoms with Crippen molar-refractivity contribution < 1.29 is 13.2 Å². The van der Waals surface area contributed by atoms with Crippen LogP contribution in [-0.4, -0.2) is 36.8 Å². The molecule has 0 aromatic carbocycles. The highest BCUT2D eigenvalue weighted by molar-refractivity contribution is 7.98. The van der Waals surface area contributed by atoms with Crippen molar-refractivity contribution in [2.24, 2.45) is 0 Å². The molecule has 1 aromatic rings. The number of rotatable bonds is 6. The lowest BCUT2D eigenvalue weighted by Crippen LogP contribution is -2.40. The van der Waals surface area contributed by atoms with Crippen LogP contribution < -0.4 is 5.32 Å². The van der Waals surface area contributed by atoms with E-state index < -0.39 is 5.76 Å². The molecule has 0 saturated carbocycles. The van der Waals surface area contributed by atoms with Crippen LogP contribution in [0.4, 0.5) is 8.78 Å². The number of halogens is 2. The summed E-state index contributed by atoms with van der Waals surface area (Å²) in [5, 5.41) is 3.46. The van der Waals surface area contributed by atoms with Gasteiger partial charge in [-0.05, 0) is 45.1 Å². The number of nitrogens with one attached hydrogen (secondary N) is 1. The molecule has 1 N–H and O–H groups in total. The summed E-state index contributed by atoms with van der Waals surface area (Å²) in [5.74, 6) is -0.675. The van der Waals surface area contributed by atoms with Crippen molar-refractivity contribution in [2.45, 2.75) is 36.9 Å². The molecule has 1 aliphatic heterocycles. The zero-order valence-corrected chi connectivity index (χ0v) is 11.9. The average molecular weight is 290 g/mol. The molecule has 108 valence electrons. The van der Waals surface area contributed by atoms with Crippen molar-refractivity contribution in [1.29, 1.82) is 0 Å². The second kappa shape index (κ2) is 7.26. The molecule has 3 nitrogen and oxygen atoms in total. The summed E-state index contributed by atoms with van der Waals surface area (Å²) in [6.07, 6.45) is 2.29. The SMILES string of the molecule is CN1CCC(NCc2ccc(CSC(F)F)o2)CC1. The van der Waals surface area contributed by atoms with Crippen LogP contribution in [0.1, 0.15) is 24.4 Å². The van der Waals surface area contributed by atoms with Crippen LogP contribution in [0, 0.1) is 0 Å². The Balaban J connectivity index is 1.71. The van der Waals surface area contributed by atoms with Gasteiger partial charge in [0, 0.05) is 6.04 Å². The molecule has 6 heteroatoms. The molecule has 2 rings (SSSR count). The fourth-order valence-corrected chi connectivity index (χ4v) is 2.64. The van der Waals surface area contributed by atoms with E-state index >= 15 is 0 Å². The van der Waals surface area contributed by atoms with Crippen molar-refractivity contribution in [2.75, 3.05) is 20.1 Å². The minimum absolute atomic E-state index is 0.228. The molecule has 1 aromatic heterocycles. The van der Waals surface area contributed by atoms with Gasteiger partial charge in [-0.1, -0.05) is 11.8 Å². The predicted molar refractivity (Wildman–Crippen MR) is 73.4 cm³/mol. The van der Waals surface area contributed by atoms with Crippen LogP contribution in [0.15, 0.2) is 16.5 Å². The van der Waals surface area contributed by atoms with Gasteiger partial charge < -0.3 is 14.6 Å². The van der Waals surface area contributed by atoms with Crippen LogP contribution in [0.5, 0.6) is 0 Å². The highest BCUT2D eigenvalue weighted by Crippen LogP contribution is 2.21. The summed E-state index contributed by atoms with van der Waals surface area (Å²) in [6, 6.07) is 4.17. The third kappa shape index (κ3) is 5.12. The summed E-state index contributed by atoms with van der Waals surface area (Å²) in [4.78, 5) is 2.32. The third-order valence-electron chi connectivity index (χ3n) is 3.35. The smallest absolute Gasteiger partial charge is 0.284 e. The quantitative estimate of drug-likeness (QED) is 0.872. The molecule has 0 radical (unpaired) electrons. The maximum atomic E-state index is 12.1. The lowest BCUT2D eigenvalue weighted by Gasteiger charge is -2.29. The average Bonchev–Trinajstić information content (AvgIpc) is 2.84. The van der Waals surface area contributed by atoms with E-state index in [0.717, 1.165) is 31.7 Å². The number of likely N-dealkylation sites (tertiary alicyclic amines) is 1. The Morgan fingerprint density at radius 1 is 1.37 bits per heavy atom. The molecule has 1 saturated heterocycles. The fraction of sp³-hybridized carbons (Fsp3) is 0.692. The molecule has 0 aliphatic carbocycles. The number of alkyl halides is 2. The normalized spacial score (nSPS) is 18.3. The van der Waals surface area contributed by atoms with Gasteiger partial charge in [-0.2, -0.15) is 8.78 Å². The van der Waals surface area contributed by atoms with Gasteiger partial charge in [0.2, 0.25) is 0 Å². The first-order valence-electron chi connectivity index (χ1n) is 6.53. The lowest BCUT2D eigenvalue weighted by molar-refractivity contribution is 0.231. The summed E-state index contributed by atoms with van der Waals surface area (Å²) >= 11 is 0.591. The first-order valence-corrected chi connectivity index (χ1v) is 7.57. The summed E-state index contributed by atoms with van der Waals surface area (Å²) in [5.41, 5.74) is 0. The molecule has 0 spiro atoms. The molecule has 0 bridgehead atoms. The zero-order valence-electron chi connectivity index (χ0n) is 11.1. The third-order valence-corrected chi connectivity index (χ3v) is 4.06. The van der Waals surface area contributed by atoms with Crippen molar-refractivity contribution in [3.8, 4) is 0 Å². The Morgan fingerprint density at radius 2 is 2.05 bits per heavy atom. The zero-order chi connectivity index (χ0) is 13.7. The van der Waals surface area contributed by atoms with Gasteiger partial charge in [-0.25, -0.2) is 0 Å². The second-order valence-electron chi connectivity index (χ2n) is 4.90. The number of thioether (sulfide) groups is 1. The van der Waals surface area contributed by atoms with Crippen LogP contribution in [0.3, 0.4) is 0 Å². The molecular formula is C13H20F2N2OS. The van der Waals surface area contributed by atoms with Crippen molar-refractivity contribution in [3.63, 3.8) is 0 Å². The van der Waals surface area contributed by atoms with Crippen LogP contribution in [-0.2, 0) is 12.3 Å². The van der Waals surface area contributed by atoms with Crippen molar-refractivity contribution >= 4 is 11.8 Å². The minimum atomic E-state index is -2.34. The maximum absolute atomic E-state index is 12.1. The van der Waals surface area contributed by atoms with Gasteiger partial charge in [0.15, 0.2) is 0 Å². The number of furan rings is 1. The summed E-state index contributed by atoms with van der Waals surface area (Å²) in [7, 11) is 2.13. The highest BCUT2D eigenvalue weighted by atomic mass is 32.2. The Kier molecular flexibility index (Phi) is 5.66.